The highest BCUT2D eigenvalue weighted by atomic mass is 19.1. The van der Waals surface area contributed by atoms with Crippen LogP contribution in [0, 0.1) is 11.0 Å². The number of carbonyl (C=O) groups excluding carboxylic acids is 1. The summed E-state index contributed by atoms with van der Waals surface area (Å²) in [6.07, 6.45) is -0.368. The summed E-state index contributed by atoms with van der Waals surface area (Å²) in [5.74, 6) is -0.289. The van der Waals surface area contributed by atoms with E-state index in [1.54, 1.807) is 50.9 Å². The average molecular weight is 430 g/mol. The fourth-order valence-electron chi connectivity index (χ4n) is 3.92. The molecule has 1 aliphatic rings. The number of hydroxylamine groups is 2. The molecule has 2 aromatic rings. The van der Waals surface area contributed by atoms with Crippen molar-refractivity contribution in [2.24, 2.45) is 0 Å². The van der Waals surface area contributed by atoms with Crippen LogP contribution in [0.3, 0.4) is 0 Å². The van der Waals surface area contributed by atoms with Gasteiger partial charge in [-0.3, -0.25) is 0 Å². The second-order valence-corrected chi connectivity index (χ2v) is 9.03. The first-order valence-electron chi connectivity index (χ1n) is 10.7. The molecule has 6 nitrogen and oxygen atoms in total. The quantitative estimate of drug-likeness (QED) is 0.507. The molecule has 0 bridgehead atoms. The van der Waals surface area contributed by atoms with Crippen LogP contribution in [-0.4, -0.2) is 53.7 Å². The smallest absolute Gasteiger partial charge is 0.537 e. The average Bonchev–Trinajstić information content (AvgIpc) is 2.73. The molecule has 1 fully saturated rings. The van der Waals surface area contributed by atoms with Crippen molar-refractivity contribution in [1.29, 1.82) is 0 Å². The summed E-state index contributed by atoms with van der Waals surface area (Å²) >= 11 is 0. The maximum atomic E-state index is 14.2. The summed E-state index contributed by atoms with van der Waals surface area (Å²) in [5, 5.41) is 15.8. The van der Waals surface area contributed by atoms with E-state index in [-0.39, 0.29) is 5.82 Å². The lowest BCUT2D eigenvalue weighted by molar-refractivity contribution is -0.950. The van der Waals surface area contributed by atoms with Crippen molar-refractivity contribution in [2.45, 2.75) is 45.8 Å². The Labute approximate surface area is 184 Å². The number of amides is 1. The van der Waals surface area contributed by atoms with Crippen molar-refractivity contribution >= 4 is 11.8 Å². The zero-order valence-electron chi connectivity index (χ0n) is 18.8. The molecule has 0 spiro atoms. The summed E-state index contributed by atoms with van der Waals surface area (Å²) in [7, 11) is 0. The van der Waals surface area contributed by atoms with E-state index < -0.39 is 22.5 Å². The molecule has 0 radical (unpaired) electrons. The van der Waals surface area contributed by atoms with Crippen molar-refractivity contribution in [3.8, 4) is 0 Å². The van der Waals surface area contributed by atoms with Crippen molar-refractivity contribution < 1.29 is 18.7 Å². The second kappa shape index (κ2) is 9.34. The Kier molecular flexibility index (Phi) is 6.99. The maximum absolute atomic E-state index is 14.2. The molecule has 0 N–H and O–H groups in total. The molecule has 168 valence electrons. The lowest BCUT2D eigenvalue weighted by Gasteiger charge is -2.52. The molecule has 1 heterocycles. The van der Waals surface area contributed by atoms with Crippen molar-refractivity contribution in [2.75, 3.05) is 31.1 Å². The number of para-hydroxylation sites is 1. The fraction of sp³-hybridized carbons (Fsp3) is 0.458. The van der Waals surface area contributed by atoms with Crippen LogP contribution in [0.15, 0.2) is 54.6 Å². The Morgan fingerprint density at radius 3 is 2.23 bits per heavy atom. The molecule has 2 aromatic carbocycles. The van der Waals surface area contributed by atoms with Crippen molar-refractivity contribution in [3.05, 3.63) is 71.2 Å². The summed E-state index contributed by atoms with van der Waals surface area (Å²) < 4.78 is 18.6. The van der Waals surface area contributed by atoms with Gasteiger partial charge in [-0.25, -0.2) is 4.39 Å². The predicted octanol–water partition coefficient (Wildman–Crippen LogP) is 4.74. The van der Waals surface area contributed by atoms with Crippen LogP contribution in [-0.2, 0) is 11.2 Å². The number of nitrogens with zero attached hydrogens (tertiary/aromatic N) is 3. The minimum absolute atomic E-state index is 0.289. The van der Waals surface area contributed by atoms with Crippen LogP contribution >= 0.6 is 0 Å². The van der Waals surface area contributed by atoms with Gasteiger partial charge in [0.25, 0.3) is 0 Å². The Morgan fingerprint density at radius 1 is 1.06 bits per heavy atom. The predicted molar refractivity (Wildman–Crippen MR) is 120 cm³/mol. The minimum atomic E-state index is -1.18. The first-order valence-corrected chi connectivity index (χ1v) is 10.7. The van der Waals surface area contributed by atoms with Gasteiger partial charge in [-0.1, -0.05) is 42.5 Å². The van der Waals surface area contributed by atoms with Gasteiger partial charge in [0.15, 0.2) is 0 Å². The Morgan fingerprint density at radius 2 is 1.65 bits per heavy atom. The summed E-state index contributed by atoms with van der Waals surface area (Å²) in [4.78, 5) is 15.0. The molecule has 1 aliphatic heterocycles. The van der Waals surface area contributed by atoms with E-state index in [4.69, 9.17) is 4.74 Å². The van der Waals surface area contributed by atoms with E-state index in [1.807, 2.05) is 35.2 Å². The molecule has 0 aliphatic carbocycles. The first kappa shape index (κ1) is 23.2. The largest absolute Gasteiger partial charge is 0.601 e. The lowest BCUT2D eigenvalue weighted by atomic mass is 10.1. The third-order valence-electron chi connectivity index (χ3n) is 5.50. The Hall–Kier alpha value is -2.48. The maximum Gasteiger partial charge on any atom is 0.537 e. The molecular formula is C24H32FN3O3. The third kappa shape index (κ3) is 5.42. The molecule has 0 saturated carbocycles. The Bertz CT molecular complexity index is 879. The molecular weight excluding hydrogens is 397 g/mol. The highest BCUT2D eigenvalue weighted by molar-refractivity contribution is 5.60. The van der Waals surface area contributed by atoms with Crippen LogP contribution < -0.4 is 4.90 Å². The summed E-state index contributed by atoms with van der Waals surface area (Å²) in [5.41, 5.74) is 0.731. The molecule has 2 atom stereocenters. The van der Waals surface area contributed by atoms with Gasteiger partial charge in [0.1, 0.15) is 17.5 Å². The molecule has 3 rings (SSSR count). The highest BCUT2D eigenvalue weighted by Gasteiger charge is 2.45. The van der Waals surface area contributed by atoms with Gasteiger partial charge >= 0.3 is 6.09 Å². The van der Waals surface area contributed by atoms with E-state index in [0.717, 1.165) is 5.56 Å². The fourth-order valence-corrected chi connectivity index (χ4v) is 3.92. The van der Waals surface area contributed by atoms with Gasteiger partial charge in [-0.05, 0) is 45.4 Å². The lowest BCUT2D eigenvalue weighted by Crippen LogP contribution is -2.69. The molecule has 0 aromatic heterocycles. The Balaban J connectivity index is 1.81. The van der Waals surface area contributed by atoms with Gasteiger partial charge in [0.05, 0.1) is 18.8 Å². The molecule has 1 saturated heterocycles. The number of carbonyl (C=O) groups is 1. The van der Waals surface area contributed by atoms with Crippen LogP contribution in [0.1, 0.15) is 33.3 Å². The van der Waals surface area contributed by atoms with E-state index in [9.17, 15) is 14.4 Å². The normalized spacial score (nSPS) is 18.3. The minimum Gasteiger partial charge on any atom is -0.601 e. The van der Waals surface area contributed by atoms with Gasteiger partial charge < -0.3 is 14.8 Å². The molecule has 31 heavy (non-hydrogen) atoms. The number of benzene rings is 2. The molecule has 2 unspecified atom stereocenters. The topological polar surface area (TPSA) is 55.8 Å². The number of halogens is 1. The van der Waals surface area contributed by atoms with Crippen LogP contribution in [0.4, 0.5) is 14.9 Å². The number of piperazine rings is 1. The van der Waals surface area contributed by atoms with Crippen LogP contribution in [0.5, 0.6) is 0 Å². The first-order chi connectivity index (χ1) is 14.6. The number of quaternary nitrogens is 1. The van der Waals surface area contributed by atoms with Crippen LogP contribution in [0.25, 0.3) is 0 Å². The van der Waals surface area contributed by atoms with Gasteiger partial charge in [0, 0.05) is 19.5 Å². The zero-order valence-corrected chi connectivity index (χ0v) is 18.8. The number of ether oxygens (including phenoxy) is 1. The number of anilines is 1. The standard InChI is InChI=1S/C24H32FN3O3/c1-19(18-20-10-6-5-7-11-20)28(30,23(29)31-24(2,3)4)27-16-14-26(15-17-27)22-13-9-8-12-21(22)25/h5-13,19H,14-18H2,1-4H3. The van der Waals surface area contributed by atoms with Crippen molar-refractivity contribution in [1.82, 2.24) is 5.01 Å². The number of hydrogen-bond acceptors (Lipinski definition) is 5. The zero-order chi connectivity index (χ0) is 22.6. The summed E-state index contributed by atoms with van der Waals surface area (Å²) in [6.45, 7) is 8.61. The van der Waals surface area contributed by atoms with E-state index in [1.165, 1.54) is 6.07 Å². The van der Waals surface area contributed by atoms with Gasteiger partial charge in [-0.15, -0.1) is 5.01 Å². The van der Waals surface area contributed by atoms with Crippen LogP contribution in [0.2, 0.25) is 0 Å². The highest BCUT2D eigenvalue weighted by Crippen LogP contribution is 2.28. The molecule has 1 amide bonds. The third-order valence-corrected chi connectivity index (χ3v) is 5.50. The van der Waals surface area contributed by atoms with E-state index in [2.05, 4.69) is 0 Å². The monoisotopic (exact) mass is 429 g/mol. The van der Waals surface area contributed by atoms with Crippen molar-refractivity contribution in [3.63, 3.8) is 0 Å². The SMILES string of the molecule is CC(Cc1ccccc1)[N+]([O-])(C(=O)OC(C)(C)C)N1CCN(c2ccccc2F)CC1. The summed E-state index contributed by atoms with van der Waals surface area (Å²) in [6, 6.07) is 15.7. The number of hydrogen-bond donors (Lipinski definition) is 0. The van der Waals surface area contributed by atoms with E-state index >= 15 is 0 Å². The van der Waals surface area contributed by atoms with Gasteiger partial charge in [0.2, 0.25) is 0 Å². The van der Waals surface area contributed by atoms with E-state index in [0.29, 0.717) is 38.3 Å². The second-order valence-electron chi connectivity index (χ2n) is 9.03. The molecule has 7 heteroatoms. The number of rotatable bonds is 5. The van der Waals surface area contributed by atoms with Gasteiger partial charge in [-0.2, -0.15) is 9.55 Å².